The molecule has 0 spiro atoms. The molecule has 0 radical (unpaired) electrons. The summed E-state index contributed by atoms with van der Waals surface area (Å²) in [5.41, 5.74) is 0. The van der Waals surface area contributed by atoms with Gasteiger partial charge in [0.25, 0.3) is 0 Å². The smallest absolute Gasteiger partial charge is 0.0383 e. The molecule has 0 aliphatic carbocycles. The van der Waals surface area contributed by atoms with E-state index in [1.165, 1.54) is 45.3 Å². The molecule has 1 heterocycles. The first-order valence-electron chi connectivity index (χ1n) is 6.90. The molecule has 0 amide bonds. The van der Waals surface area contributed by atoms with Gasteiger partial charge in [-0.25, -0.2) is 0 Å². The Kier molecular flexibility index (Phi) is 7.32. The minimum atomic E-state index is -0.687. The molecular formula is C13H28N2OS. The zero-order valence-electron chi connectivity index (χ0n) is 11.6. The highest BCUT2D eigenvalue weighted by molar-refractivity contribution is 7.84. The van der Waals surface area contributed by atoms with Gasteiger partial charge in [-0.1, -0.05) is 6.92 Å². The van der Waals surface area contributed by atoms with Gasteiger partial charge < -0.3 is 10.2 Å². The first kappa shape index (κ1) is 15.1. The highest BCUT2D eigenvalue weighted by Gasteiger charge is 2.18. The molecule has 0 aromatic heterocycles. The van der Waals surface area contributed by atoms with Gasteiger partial charge in [-0.3, -0.25) is 4.21 Å². The number of rotatable bonds is 6. The van der Waals surface area contributed by atoms with E-state index in [9.17, 15) is 4.21 Å². The molecule has 3 nitrogen and oxygen atoms in total. The lowest BCUT2D eigenvalue weighted by atomic mass is 10.1. The van der Waals surface area contributed by atoms with E-state index in [0.717, 1.165) is 5.75 Å². The van der Waals surface area contributed by atoms with Crippen molar-refractivity contribution in [3.05, 3.63) is 0 Å². The van der Waals surface area contributed by atoms with Crippen molar-refractivity contribution in [2.24, 2.45) is 0 Å². The fraction of sp³-hybridized carbons (Fsp3) is 1.00. The zero-order valence-corrected chi connectivity index (χ0v) is 12.4. The minimum Gasteiger partial charge on any atom is -0.311 e. The van der Waals surface area contributed by atoms with Crippen molar-refractivity contribution < 1.29 is 4.21 Å². The second-order valence-corrected chi connectivity index (χ2v) is 6.76. The molecule has 0 saturated carbocycles. The number of likely N-dealkylation sites (tertiary alicyclic amines) is 1. The van der Waals surface area contributed by atoms with Crippen LogP contribution in [-0.4, -0.2) is 52.8 Å². The Hall–Kier alpha value is 0.0700. The van der Waals surface area contributed by atoms with E-state index >= 15 is 0 Å². The minimum absolute atomic E-state index is 0.378. The summed E-state index contributed by atoms with van der Waals surface area (Å²) in [5.74, 6) is 0.773. The van der Waals surface area contributed by atoms with Gasteiger partial charge in [0.1, 0.15) is 0 Å². The predicted octanol–water partition coefficient (Wildman–Crippen LogP) is 1.61. The molecule has 1 saturated heterocycles. The number of hydrogen-bond donors (Lipinski definition) is 1. The topological polar surface area (TPSA) is 32.3 Å². The second kappa shape index (κ2) is 8.22. The van der Waals surface area contributed by atoms with Crippen LogP contribution in [0.15, 0.2) is 0 Å². The molecular weight excluding hydrogens is 232 g/mol. The van der Waals surface area contributed by atoms with Crippen molar-refractivity contribution in [2.45, 2.75) is 51.6 Å². The molecule has 1 N–H and O–H groups in total. The Labute approximate surface area is 109 Å². The van der Waals surface area contributed by atoms with Crippen LogP contribution in [0.3, 0.4) is 0 Å². The van der Waals surface area contributed by atoms with Crippen molar-refractivity contribution in [3.63, 3.8) is 0 Å². The lowest BCUT2D eigenvalue weighted by Crippen LogP contribution is -2.40. The third kappa shape index (κ3) is 6.53. The normalized spacial score (nSPS) is 26.4. The average molecular weight is 260 g/mol. The zero-order chi connectivity index (χ0) is 12.7. The molecule has 1 aliphatic heterocycles. The van der Waals surface area contributed by atoms with E-state index in [4.69, 9.17) is 0 Å². The van der Waals surface area contributed by atoms with Gasteiger partial charge in [-0.05, 0) is 52.2 Å². The largest absolute Gasteiger partial charge is 0.311 e. The summed E-state index contributed by atoms with van der Waals surface area (Å²) >= 11 is 0. The highest BCUT2D eigenvalue weighted by Crippen LogP contribution is 2.12. The molecule has 0 aromatic rings. The monoisotopic (exact) mass is 260 g/mol. The molecule has 0 aromatic carbocycles. The van der Waals surface area contributed by atoms with Crippen molar-refractivity contribution in [1.82, 2.24) is 10.2 Å². The highest BCUT2D eigenvalue weighted by atomic mass is 32.2. The third-order valence-electron chi connectivity index (χ3n) is 3.37. The molecule has 1 fully saturated rings. The van der Waals surface area contributed by atoms with Crippen LogP contribution < -0.4 is 5.32 Å². The first-order valence-corrected chi connectivity index (χ1v) is 8.63. The Balaban J connectivity index is 2.28. The number of nitrogens with one attached hydrogen (secondary N) is 1. The molecule has 3 unspecified atom stereocenters. The Morgan fingerprint density at radius 3 is 2.82 bits per heavy atom. The van der Waals surface area contributed by atoms with Gasteiger partial charge >= 0.3 is 0 Å². The maximum Gasteiger partial charge on any atom is 0.0383 e. The van der Waals surface area contributed by atoms with E-state index in [1.54, 1.807) is 6.26 Å². The van der Waals surface area contributed by atoms with Crippen LogP contribution in [0.5, 0.6) is 0 Å². The summed E-state index contributed by atoms with van der Waals surface area (Å²) in [5, 5.41) is 3.63. The second-order valence-electron chi connectivity index (χ2n) is 5.28. The predicted molar refractivity (Wildman–Crippen MR) is 75.9 cm³/mol. The van der Waals surface area contributed by atoms with Crippen LogP contribution in [0.4, 0.5) is 0 Å². The lowest BCUT2D eigenvalue weighted by Gasteiger charge is -2.22. The van der Waals surface area contributed by atoms with Gasteiger partial charge in [0.15, 0.2) is 0 Å². The van der Waals surface area contributed by atoms with Crippen molar-refractivity contribution in [2.75, 3.05) is 31.6 Å². The van der Waals surface area contributed by atoms with Gasteiger partial charge in [0.2, 0.25) is 0 Å². The number of nitrogens with zero attached hydrogens (tertiary/aromatic N) is 1. The standard InChI is InChI=1S/C13H28N2OS/c1-4-8-15-9-5-6-13(7-10-15)14-12(2)11-17(3)16/h12-14H,4-11H2,1-3H3. The van der Waals surface area contributed by atoms with Gasteiger partial charge in [-0.15, -0.1) is 0 Å². The lowest BCUT2D eigenvalue weighted by molar-refractivity contribution is 0.282. The SMILES string of the molecule is CCCN1CCCC(NC(C)CS(C)=O)CC1. The number of hydrogen-bond acceptors (Lipinski definition) is 3. The first-order chi connectivity index (χ1) is 8.11. The van der Waals surface area contributed by atoms with Gasteiger partial charge in [-0.2, -0.15) is 0 Å². The quantitative estimate of drug-likeness (QED) is 0.787. The summed E-state index contributed by atoms with van der Waals surface area (Å²) in [7, 11) is -0.687. The fourth-order valence-electron chi connectivity index (χ4n) is 2.66. The van der Waals surface area contributed by atoms with Crippen molar-refractivity contribution in [3.8, 4) is 0 Å². The molecule has 3 atom stereocenters. The van der Waals surface area contributed by atoms with E-state index in [0.29, 0.717) is 12.1 Å². The molecule has 4 heteroatoms. The summed E-state index contributed by atoms with van der Waals surface area (Å²) < 4.78 is 11.2. The third-order valence-corrected chi connectivity index (χ3v) is 4.33. The van der Waals surface area contributed by atoms with Gasteiger partial charge in [0, 0.05) is 34.9 Å². The van der Waals surface area contributed by atoms with E-state index < -0.39 is 10.8 Å². The molecule has 0 bridgehead atoms. The van der Waals surface area contributed by atoms with E-state index in [1.807, 2.05) is 0 Å². The Morgan fingerprint density at radius 1 is 1.41 bits per heavy atom. The molecule has 102 valence electrons. The van der Waals surface area contributed by atoms with E-state index in [-0.39, 0.29) is 0 Å². The summed E-state index contributed by atoms with van der Waals surface area (Å²) in [6.07, 6.45) is 6.83. The van der Waals surface area contributed by atoms with Crippen molar-refractivity contribution >= 4 is 10.8 Å². The fourth-order valence-corrected chi connectivity index (χ4v) is 3.47. The van der Waals surface area contributed by atoms with Crippen LogP contribution in [-0.2, 0) is 10.8 Å². The van der Waals surface area contributed by atoms with Crippen LogP contribution >= 0.6 is 0 Å². The maximum absolute atomic E-state index is 11.2. The summed E-state index contributed by atoms with van der Waals surface area (Å²) in [6, 6.07) is 0.999. The Morgan fingerprint density at radius 2 is 2.18 bits per heavy atom. The van der Waals surface area contributed by atoms with Crippen molar-refractivity contribution in [1.29, 1.82) is 0 Å². The summed E-state index contributed by atoms with van der Waals surface area (Å²) in [4.78, 5) is 2.57. The van der Waals surface area contributed by atoms with E-state index in [2.05, 4.69) is 24.1 Å². The molecule has 1 rings (SSSR count). The summed E-state index contributed by atoms with van der Waals surface area (Å²) in [6.45, 7) is 8.10. The van der Waals surface area contributed by atoms with Crippen LogP contribution in [0.1, 0.15) is 39.5 Å². The molecule has 1 aliphatic rings. The molecule has 17 heavy (non-hydrogen) atoms. The van der Waals surface area contributed by atoms with Crippen LogP contribution in [0.2, 0.25) is 0 Å². The van der Waals surface area contributed by atoms with Crippen LogP contribution in [0, 0.1) is 0 Å². The Bertz CT molecular complexity index is 235. The maximum atomic E-state index is 11.2. The average Bonchev–Trinajstić information content (AvgIpc) is 2.43. The van der Waals surface area contributed by atoms with Crippen LogP contribution in [0.25, 0.3) is 0 Å². The van der Waals surface area contributed by atoms with Gasteiger partial charge in [0.05, 0.1) is 0 Å².